The molecule has 1 fully saturated rings. The molecule has 0 bridgehead atoms. The fourth-order valence-electron chi connectivity index (χ4n) is 3.20. The van der Waals surface area contributed by atoms with Gasteiger partial charge in [0.1, 0.15) is 0 Å². The average molecular weight is 403 g/mol. The first kappa shape index (κ1) is 21.6. The van der Waals surface area contributed by atoms with Crippen LogP contribution in [0, 0.1) is 5.41 Å². The number of carbonyl (C=O) groups is 1. The van der Waals surface area contributed by atoms with Crippen LogP contribution in [0.1, 0.15) is 62.9 Å². The van der Waals surface area contributed by atoms with Crippen LogP contribution in [0.25, 0.3) is 0 Å². The smallest absolute Gasteiger partial charge is 0.371 e. The summed E-state index contributed by atoms with van der Waals surface area (Å²) >= 11 is 5.88. The molecule has 0 atom stereocenters. The lowest BCUT2D eigenvalue weighted by Crippen LogP contribution is -2.30. The third-order valence-electron chi connectivity index (χ3n) is 5.06. The summed E-state index contributed by atoms with van der Waals surface area (Å²) in [4.78, 5) is 14.6. The van der Waals surface area contributed by atoms with Crippen LogP contribution in [-0.2, 0) is 6.18 Å². The molecule has 1 aliphatic heterocycles. The molecule has 3 nitrogen and oxygen atoms in total. The maximum atomic E-state index is 13.4. The minimum atomic E-state index is -4.58. The molecule has 7 heteroatoms. The van der Waals surface area contributed by atoms with Crippen LogP contribution in [-0.4, -0.2) is 19.0 Å². The van der Waals surface area contributed by atoms with Crippen LogP contribution in [0.15, 0.2) is 23.9 Å². The Morgan fingerprint density at radius 1 is 1.26 bits per heavy atom. The molecule has 1 aliphatic rings. The van der Waals surface area contributed by atoms with E-state index in [0.717, 1.165) is 31.4 Å². The number of benzene rings is 1. The van der Waals surface area contributed by atoms with Gasteiger partial charge in [-0.1, -0.05) is 31.5 Å². The van der Waals surface area contributed by atoms with Crippen molar-refractivity contribution in [3.05, 3.63) is 40.1 Å². The lowest BCUT2D eigenvalue weighted by molar-refractivity contribution is -0.137. The van der Waals surface area contributed by atoms with Crippen molar-refractivity contribution < 1.29 is 18.0 Å². The molecule has 1 saturated heterocycles. The second-order valence-electron chi connectivity index (χ2n) is 7.78. The highest BCUT2D eigenvalue weighted by Crippen LogP contribution is 2.40. The van der Waals surface area contributed by atoms with Gasteiger partial charge >= 0.3 is 6.18 Å². The zero-order valence-electron chi connectivity index (χ0n) is 16.1. The van der Waals surface area contributed by atoms with Crippen molar-refractivity contribution in [2.24, 2.45) is 5.41 Å². The summed E-state index contributed by atoms with van der Waals surface area (Å²) < 4.78 is 40.2. The Morgan fingerprint density at radius 2 is 1.93 bits per heavy atom. The molecule has 2 rings (SSSR count). The molecular formula is C20H26ClF3N2O. The zero-order valence-corrected chi connectivity index (χ0v) is 16.9. The minimum Gasteiger partial charge on any atom is -0.371 e. The van der Waals surface area contributed by atoms with E-state index in [4.69, 9.17) is 11.6 Å². The van der Waals surface area contributed by atoms with Crippen LogP contribution in [0.4, 0.5) is 18.9 Å². The van der Waals surface area contributed by atoms with Crippen molar-refractivity contribution in [1.29, 1.82) is 0 Å². The number of hydrogen-bond donors (Lipinski definition) is 1. The van der Waals surface area contributed by atoms with Crippen LogP contribution >= 0.6 is 11.6 Å². The van der Waals surface area contributed by atoms with Gasteiger partial charge in [-0.05, 0) is 50.7 Å². The van der Waals surface area contributed by atoms with Crippen LogP contribution in [0.3, 0.4) is 0 Å². The monoisotopic (exact) mass is 402 g/mol. The molecule has 0 aromatic heterocycles. The molecule has 1 N–H and O–H groups in total. The number of hydrogen-bond acceptors (Lipinski definition) is 2. The molecular weight excluding hydrogens is 377 g/mol. The van der Waals surface area contributed by atoms with E-state index in [-0.39, 0.29) is 16.7 Å². The van der Waals surface area contributed by atoms with Gasteiger partial charge in [-0.2, -0.15) is 13.2 Å². The number of nitrogens with zero attached hydrogens (tertiary/aromatic N) is 1. The Morgan fingerprint density at radius 3 is 2.52 bits per heavy atom. The Hall–Kier alpha value is -1.69. The van der Waals surface area contributed by atoms with E-state index in [1.165, 1.54) is 0 Å². The van der Waals surface area contributed by atoms with Gasteiger partial charge in [-0.25, -0.2) is 0 Å². The normalized spacial score (nSPS) is 18.2. The molecule has 0 spiro atoms. The molecule has 0 saturated carbocycles. The third-order valence-corrected chi connectivity index (χ3v) is 5.37. The molecule has 27 heavy (non-hydrogen) atoms. The summed E-state index contributed by atoms with van der Waals surface area (Å²) in [5, 5.41) is 2.23. The number of carbonyl (C=O) groups excluding carboxylic acids is 1. The van der Waals surface area contributed by atoms with Crippen LogP contribution < -0.4 is 10.2 Å². The van der Waals surface area contributed by atoms with Gasteiger partial charge in [0.2, 0.25) is 0 Å². The van der Waals surface area contributed by atoms with E-state index in [2.05, 4.69) is 19.2 Å². The van der Waals surface area contributed by atoms with E-state index < -0.39 is 22.7 Å². The number of halogens is 4. The van der Waals surface area contributed by atoms with E-state index >= 15 is 0 Å². The molecule has 1 aromatic rings. The fraction of sp³-hybridized carbons (Fsp3) is 0.550. The SMILES string of the molecule is C/C=C(\C)NC(=O)c1cc(Cl)c(C(F)(F)F)cc1N1CCCC(C)(C)CC1. The minimum absolute atomic E-state index is 0.123. The Kier molecular flexibility index (Phi) is 6.51. The molecule has 0 radical (unpaired) electrons. The molecule has 1 amide bonds. The van der Waals surface area contributed by atoms with Crippen LogP contribution in [0.5, 0.6) is 0 Å². The van der Waals surface area contributed by atoms with Gasteiger partial charge in [0.25, 0.3) is 5.91 Å². The summed E-state index contributed by atoms with van der Waals surface area (Å²) in [6.07, 6.45) is -0.177. The van der Waals surface area contributed by atoms with Crippen molar-refractivity contribution in [3.8, 4) is 0 Å². The van der Waals surface area contributed by atoms with Crippen molar-refractivity contribution in [2.45, 2.75) is 53.1 Å². The predicted octanol–water partition coefficient (Wildman–Crippen LogP) is 6.03. The highest BCUT2D eigenvalue weighted by molar-refractivity contribution is 6.32. The largest absolute Gasteiger partial charge is 0.417 e. The van der Waals surface area contributed by atoms with Crippen LogP contribution in [0.2, 0.25) is 5.02 Å². The second kappa shape index (κ2) is 8.13. The topological polar surface area (TPSA) is 32.3 Å². The van der Waals surface area contributed by atoms with E-state index in [9.17, 15) is 18.0 Å². The quantitative estimate of drug-likeness (QED) is 0.669. The maximum absolute atomic E-state index is 13.4. The Bertz CT molecular complexity index is 741. The number of anilines is 1. The van der Waals surface area contributed by atoms with Gasteiger partial charge in [-0.15, -0.1) is 0 Å². The lowest BCUT2D eigenvalue weighted by Gasteiger charge is -2.28. The predicted molar refractivity (Wildman–Crippen MR) is 103 cm³/mol. The number of amides is 1. The third kappa shape index (κ3) is 5.41. The van der Waals surface area contributed by atoms with Crippen molar-refractivity contribution in [3.63, 3.8) is 0 Å². The maximum Gasteiger partial charge on any atom is 0.417 e. The Balaban J connectivity index is 2.52. The summed E-state index contributed by atoms with van der Waals surface area (Å²) in [7, 11) is 0. The lowest BCUT2D eigenvalue weighted by atomic mass is 9.85. The Labute approximate surface area is 163 Å². The summed E-state index contributed by atoms with van der Waals surface area (Å²) in [6.45, 7) is 9.00. The average Bonchev–Trinajstić information content (AvgIpc) is 2.74. The highest BCUT2D eigenvalue weighted by Gasteiger charge is 2.36. The highest BCUT2D eigenvalue weighted by atomic mass is 35.5. The summed E-state index contributed by atoms with van der Waals surface area (Å²) in [5.41, 5.74) is 0.276. The van der Waals surface area contributed by atoms with Crippen molar-refractivity contribution in [2.75, 3.05) is 18.0 Å². The molecule has 1 aromatic carbocycles. The van der Waals surface area contributed by atoms with E-state index in [0.29, 0.717) is 18.8 Å². The van der Waals surface area contributed by atoms with Gasteiger partial charge < -0.3 is 10.2 Å². The van der Waals surface area contributed by atoms with Gasteiger partial charge in [-0.3, -0.25) is 4.79 Å². The molecule has 0 unspecified atom stereocenters. The first-order valence-corrected chi connectivity index (χ1v) is 9.42. The van der Waals surface area contributed by atoms with Gasteiger partial charge in [0.05, 0.1) is 21.8 Å². The first-order valence-electron chi connectivity index (χ1n) is 9.04. The number of rotatable bonds is 3. The summed E-state index contributed by atoms with van der Waals surface area (Å²) in [6, 6.07) is 2.15. The van der Waals surface area contributed by atoms with Gasteiger partial charge in [0.15, 0.2) is 0 Å². The fourth-order valence-corrected chi connectivity index (χ4v) is 3.48. The van der Waals surface area contributed by atoms with Gasteiger partial charge in [0, 0.05) is 18.8 Å². The van der Waals surface area contributed by atoms with Crippen molar-refractivity contribution >= 4 is 23.2 Å². The number of allylic oxidation sites excluding steroid dienone is 2. The molecule has 1 heterocycles. The van der Waals surface area contributed by atoms with E-state index in [1.807, 2.05) is 4.90 Å². The summed E-state index contributed by atoms with van der Waals surface area (Å²) in [5.74, 6) is -0.459. The molecule has 150 valence electrons. The number of alkyl halides is 3. The second-order valence-corrected chi connectivity index (χ2v) is 8.18. The first-order chi connectivity index (χ1) is 12.4. The number of nitrogens with one attached hydrogen (secondary N) is 1. The standard InChI is InChI=1S/C20H26ClF3N2O/c1-5-13(2)25-18(27)14-11-16(21)15(20(22,23)24)12-17(14)26-9-6-7-19(3,4)8-10-26/h5,11-12H,6-10H2,1-4H3,(H,25,27)/b13-5+. The van der Waals surface area contributed by atoms with E-state index in [1.54, 1.807) is 19.9 Å². The zero-order chi connectivity index (χ0) is 20.4. The molecule has 0 aliphatic carbocycles. The van der Waals surface area contributed by atoms with Crippen molar-refractivity contribution in [1.82, 2.24) is 5.32 Å².